The first kappa shape index (κ1) is 23.1. The minimum absolute atomic E-state index is 0.0502. The molecule has 0 amide bonds. The van der Waals surface area contributed by atoms with Crippen LogP contribution in [0, 0.1) is 17.8 Å². The van der Waals surface area contributed by atoms with Gasteiger partial charge in [0.2, 0.25) is 0 Å². The molecular weight excluding hydrogens is 396 g/mol. The van der Waals surface area contributed by atoms with Gasteiger partial charge in [-0.1, -0.05) is 43.7 Å². The van der Waals surface area contributed by atoms with Crippen LogP contribution >= 0.6 is 0 Å². The van der Waals surface area contributed by atoms with Crippen molar-refractivity contribution in [3.8, 4) is 0 Å². The molecular formula is C25H38O6. The van der Waals surface area contributed by atoms with Gasteiger partial charge in [0.15, 0.2) is 11.6 Å². The lowest BCUT2D eigenvalue weighted by atomic mass is 9.74. The maximum Gasteiger partial charge on any atom is 0.174 e. The molecule has 1 aliphatic carbocycles. The van der Waals surface area contributed by atoms with Gasteiger partial charge >= 0.3 is 0 Å². The van der Waals surface area contributed by atoms with Crippen LogP contribution in [0.25, 0.3) is 0 Å². The van der Waals surface area contributed by atoms with E-state index >= 15 is 0 Å². The summed E-state index contributed by atoms with van der Waals surface area (Å²) in [6.45, 7) is 8.17. The van der Waals surface area contributed by atoms with Crippen molar-refractivity contribution in [2.24, 2.45) is 10.8 Å². The number of aliphatic hydroxyl groups is 2. The zero-order valence-electron chi connectivity index (χ0n) is 19.2. The fourth-order valence-electron chi connectivity index (χ4n) is 5.01. The molecule has 3 aliphatic rings. The fourth-order valence-corrected chi connectivity index (χ4v) is 5.01. The Morgan fingerprint density at radius 1 is 0.774 bits per heavy atom. The van der Waals surface area contributed by atoms with E-state index in [4.69, 9.17) is 18.9 Å². The molecule has 0 unspecified atom stereocenters. The van der Waals surface area contributed by atoms with Crippen molar-refractivity contribution in [3.63, 3.8) is 0 Å². The smallest absolute Gasteiger partial charge is 0.174 e. The summed E-state index contributed by atoms with van der Waals surface area (Å²) in [5, 5.41) is 19.8. The van der Waals surface area contributed by atoms with Gasteiger partial charge in [-0.15, -0.1) is 0 Å². The Kier molecular flexibility index (Phi) is 6.52. The molecule has 174 valence electrons. The largest absolute Gasteiger partial charge is 0.396 e. The van der Waals surface area contributed by atoms with Gasteiger partial charge in [-0.3, -0.25) is 0 Å². The van der Waals surface area contributed by atoms with E-state index in [9.17, 15) is 10.2 Å². The highest BCUT2D eigenvalue weighted by atomic mass is 16.7. The summed E-state index contributed by atoms with van der Waals surface area (Å²) in [5.74, 6) is -1.43. The van der Waals surface area contributed by atoms with E-state index in [1.54, 1.807) is 0 Å². The van der Waals surface area contributed by atoms with Crippen LogP contribution in [0.3, 0.4) is 0 Å². The van der Waals surface area contributed by atoms with Gasteiger partial charge in [0.05, 0.1) is 46.1 Å². The molecule has 6 nitrogen and oxygen atoms in total. The number of hydrogen-bond acceptors (Lipinski definition) is 6. The molecule has 0 radical (unpaired) electrons. The molecule has 3 fully saturated rings. The van der Waals surface area contributed by atoms with E-state index < -0.39 is 11.6 Å². The molecule has 0 bridgehead atoms. The lowest BCUT2D eigenvalue weighted by Crippen LogP contribution is -2.61. The zero-order valence-corrected chi connectivity index (χ0v) is 19.2. The van der Waals surface area contributed by atoms with Crippen molar-refractivity contribution in [1.29, 1.82) is 0 Å². The first-order valence-corrected chi connectivity index (χ1v) is 11.7. The topological polar surface area (TPSA) is 77.4 Å². The predicted octanol–water partition coefficient (Wildman–Crippen LogP) is 3.53. The van der Waals surface area contributed by atoms with Crippen LogP contribution in [-0.4, -0.2) is 61.4 Å². The number of hydrogen-bond donors (Lipinski definition) is 2. The minimum Gasteiger partial charge on any atom is -0.396 e. The zero-order chi connectivity index (χ0) is 22.2. The van der Waals surface area contributed by atoms with Crippen molar-refractivity contribution in [2.75, 3.05) is 39.6 Å². The Hall–Kier alpha value is -1.02. The maximum absolute atomic E-state index is 9.91. The Morgan fingerprint density at radius 3 is 1.55 bits per heavy atom. The minimum atomic E-state index is -0.799. The van der Waals surface area contributed by atoms with Gasteiger partial charge in [-0.25, -0.2) is 0 Å². The highest BCUT2D eigenvalue weighted by Crippen LogP contribution is 2.52. The van der Waals surface area contributed by atoms with E-state index in [-0.39, 0.29) is 30.0 Å². The second kappa shape index (κ2) is 8.73. The molecule has 2 saturated heterocycles. The van der Waals surface area contributed by atoms with Crippen LogP contribution in [-0.2, 0) is 18.9 Å². The molecule has 1 saturated carbocycles. The SMILES string of the molecule is CCC1(CO)COC2(CC(c3ccc(C)cc3)CC3(C2)OCC(CC)(CO)CO3)OC1. The van der Waals surface area contributed by atoms with Crippen molar-refractivity contribution in [1.82, 2.24) is 0 Å². The van der Waals surface area contributed by atoms with Crippen LogP contribution in [0.1, 0.15) is 63.0 Å². The quantitative estimate of drug-likeness (QED) is 0.738. The lowest BCUT2D eigenvalue weighted by molar-refractivity contribution is -0.393. The van der Waals surface area contributed by atoms with E-state index in [1.807, 2.05) is 0 Å². The number of aliphatic hydroxyl groups excluding tert-OH is 2. The third-order valence-electron chi connectivity index (χ3n) is 7.94. The molecule has 31 heavy (non-hydrogen) atoms. The van der Waals surface area contributed by atoms with E-state index in [0.29, 0.717) is 32.8 Å². The molecule has 6 heteroatoms. The number of benzene rings is 1. The van der Waals surface area contributed by atoms with Crippen molar-refractivity contribution >= 4 is 0 Å². The Balaban J connectivity index is 1.60. The van der Waals surface area contributed by atoms with Crippen LogP contribution in [0.2, 0.25) is 0 Å². The molecule has 0 atom stereocenters. The Morgan fingerprint density at radius 2 is 1.19 bits per heavy atom. The second-order valence-electron chi connectivity index (χ2n) is 10.2. The monoisotopic (exact) mass is 434 g/mol. The van der Waals surface area contributed by atoms with Gasteiger partial charge in [0.1, 0.15) is 0 Å². The average molecular weight is 435 g/mol. The van der Waals surface area contributed by atoms with Crippen LogP contribution in [0.15, 0.2) is 24.3 Å². The highest BCUT2D eigenvalue weighted by molar-refractivity contribution is 5.26. The molecule has 0 aromatic heterocycles. The molecule has 1 aromatic rings. The molecule has 2 aliphatic heterocycles. The highest BCUT2D eigenvalue weighted by Gasteiger charge is 2.57. The van der Waals surface area contributed by atoms with Crippen LogP contribution in [0.5, 0.6) is 0 Å². The summed E-state index contributed by atoms with van der Waals surface area (Å²) in [7, 11) is 0. The van der Waals surface area contributed by atoms with Crippen molar-refractivity contribution in [2.45, 2.75) is 70.4 Å². The van der Waals surface area contributed by atoms with Crippen molar-refractivity contribution < 1.29 is 29.2 Å². The Labute approximate surface area is 185 Å². The first-order chi connectivity index (χ1) is 14.8. The summed E-state index contributed by atoms with van der Waals surface area (Å²) < 4.78 is 25.7. The van der Waals surface area contributed by atoms with Gasteiger partial charge in [-0.2, -0.15) is 0 Å². The van der Waals surface area contributed by atoms with Crippen LogP contribution < -0.4 is 0 Å². The second-order valence-corrected chi connectivity index (χ2v) is 10.2. The molecule has 2 N–H and O–H groups in total. The summed E-state index contributed by atoms with van der Waals surface area (Å²) in [5.41, 5.74) is 1.76. The molecule has 2 heterocycles. The summed E-state index contributed by atoms with van der Waals surface area (Å²) in [6, 6.07) is 8.62. The Bertz CT molecular complexity index is 677. The summed E-state index contributed by atoms with van der Waals surface area (Å²) in [4.78, 5) is 0. The predicted molar refractivity (Wildman–Crippen MR) is 117 cm³/mol. The van der Waals surface area contributed by atoms with E-state index in [2.05, 4.69) is 45.0 Å². The third-order valence-corrected chi connectivity index (χ3v) is 7.94. The summed E-state index contributed by atoms with van der Waals surface area (Å²) in [6.07, 6.45) is 3.56. The third kappa shape index (κ3) is 4.43. The number of rotatable bonds is 5. The van der Waals surface area contributed by atoms with E-state index in [1.165, 1.54) is 11.1 Å². The fraction of sp³-hybridized carbons (Fsp3) is 0.760. The average Bonchev–Trinajstić information content (AvgIpc) is 2.81. The standard InChI is InChI=1S/C25H38O6/c1-4-22(13-26)15-28-24(29-16-22)10-21(20-8-6-19(3)7-9-20)11-25(12-24)30-17-23(5-2,14-27)18-31-25/h6-9,21,26-27H,4-5,10-18H2,1-3H3. The van der Waals surface area contributed by atoms with Gasteiger partial charge < -0.3 is 29.2 Å². The maximum atomic E-state index is 9.91. The molecule has 2 spiro atoms. The lowest BCUT2D eigenvalue weighted by Gasteiger charge is -2.56. The van der Waals surface area contributed by atoms with Gasteiger partial charge in [0, 0.05) is 23.7 Å². The first-order valence-electron chi connectivity index (χ1n) is 11.7. The van der Waals surface area contributed by atoms with Crippen molar-refractivity contribution in [3.05, 3.63) is 35.4 Å². The molecule has 4 rings (SSSR count). The number of aryl methyl sites for hydroxylation is 1. The normalized spacial score (nSPS) is 41.0. The van der Waals surface area contributed by atoms with Gasteiger partial charge in [0.25, 0.3) is 0 Å². The van der Waals surface area contributed by atoms with Gasteiger partial charge in [-0.05, 0) is 31.2 Å². The summed E-state index contributed by atoms with van der Waals surface area (Å²) >= 11 is 0. The van der Waals surface area contributed by atoms with E-state index in [0.717, 1.165) is 25.7 Å². The van der Waals surface area contributed by atoms with Crippen LogP contribution in [0.4, 0.5) is 0 Å². The molecule has 1 aromatic carbocycles. The number of ether oxygens (including phenoxy) is 4.